The van der Waals surface area contributed by atoms with Gasteiger partial charge in [0.1, 0.15) is 5.82 Å². The minimum absolute atomic E-state index is 0.0121. The Bertz CT molecular complexity index is 643. The number of hydrogen-bond donors (Lipinski definition) is 1. The van der Waals surface area contributed by atoms with Gasteiger partial charge in [-0.05, 0) is 51.6 Å². The normalized spacial score (nSPS) is 17.1. The van der Waals surface area contributed by atoms with E-state index in [2.05, 4.69) is 10.2 Å². The number of carbonyl (C=O) groups excluding carboxylic acids is 1. The van der Waals surface area contributed by atoms with Crippen LogP contribution in [0.3, 0.4) is 0 Å². The molecular weight excluding hydrogens is 347 g/mol. The van der Waals surface area contributed by atoms with E-state index in [-0.39, 0.29) is 23.7 Å². The summed E-state index contributed by atoms with van der Waals surface area (Å²) in [6.45, 7) is 4.85. The molecule has 0 aliphatic carbocycles. The van der Waals surface area contributed by atoms with E-state index in [0.717, 1.165) is 44.0 Å². The maximum atomic E-state index is 13.6. The molecule has 27 heavy (non-hydrogen) atoms. The average molecular weight is 378 g/mol. The largest absolute Gasteiger partial charge is 0.469 e. The summed E-state index contributed by atoms with van der Waals surface area (Å²) < 4.78 is 18.5. The van der Waals surface area contributed by atoms with Crippen molar-refractivity contribution in [2.75, 3.05) is 47.4 Å². The molecule has 1 atom stereocenters. The molecular formula is C20H31FN4O2. The fraction of sp³-hybridized carbons (Fsp3) is 0.600. The number of piperidine rings is 1. The molecule has 0 radical (unpaired) electrons. The van der Waals surface area contributed by atoms with Gasteiger partial charge in [0.25, 0.3) is 0 Å². The van der Waals surface area contributed by atoms with Gasteiger partial charge in [-0.15, -0.1) is 0 Å². The summed E-state index contributed by atoms with van der Waals surface area (Å²) in [5.74, 6) is 0.440. The summed E-state index contributed by atoms with van der Waals surface area (Å²) >= 11 is 0. The molecule has 1 aliphatic heterocycles. The summed E-state index contributed by atoms with van der Waals surface area (Å²) in [5, 5.41) is 3.33. The summed E-state index contributed by atoms with van der Waals surface area (Å²) in [5.41, 5.74) is 0.906. The lowest BCUT2D eigenvalue weighted by atomic mass is 9.97. The summed E-state index contributed by atoms with van der Waals surface area (Å²) in [7, 11) is 5.38. The molecule has 150 valence electrons. The molecule has 0 amide bonds. The van der Waals surface area contributed by atoms with Crippen LogP contribution in [-0.4, -0.2) is 69.1 Å². The molecule has 0 spiro atoms. The highest BCUT2D eigenvalue weighted by Crippen LogP contribution is 2.21. The maximum absolute atomic E-state index is 13.6. The van der Waals surface area contributed by atoms with Crippen molar-refractivity contribution in [2.24, 2.45) is 10.9 Å². The molecule has 1 saturated heterocycles. The lowest BCUT2D eigenvalue weighted by Crippen LogP contribution is -2.47. The number of halogens is 1. The zero-order valence-corrected chi connectivity index (χ0v) is 16.7. The first-order chi connectivity index (χ1) is 13.0. The number of esters is 1. The quantitative estimate of drug-likeness (QED) is 0.468. The molecule has 1 heterocycles. The van der Waals surface area contributed by atoms with Gasteiger partial charge < -0.3 is 19.9 Å². The van der Waals surface area contributed by atoms with Crippen LogP contribution in [0.2, 0.25) is 0 Å². The van der Waals surface area contributed by atoms with E-state index in [9.17, 15) is 9.18 Å². The first-order valence-electron chi connectivity index (χ1n) is 9.49. The number of nitrogens with one attached hydrogen (secondary N) is 1. The second-order valence-electron chi connectivity index (χ2n) is 7.01. The van der Waals surface area contributed by atoms with Crippen LogP contribution in [0.5, 0.6) is 0 Å². The minimum atomic E-state index is -0.236. The van der Waals surface area contributed by atoms with Crippen molar-refractivity contribution in [3.8, 4) is 0 Å². The average Bonchev–Trinajstić information content (AvgIpc) is 2.66. The van der Waals surface area contributed by atoms with Gasteiger partial charge in [-0.3, -0.25) is 9.79 Å². The fourth-order valence-electron chi connectivity index (χ4n) is 3.37. The monoisotopic (exact) mass is 378 g/mol. The van der Waals surface area contributed by atoms with E-state index < -0.39 is 0 Å². The number of benzene rings is 1. The van der Waals surface area contributed by atoms with E-state index >= 15 is 0 Å². The Morgan fingerprint density at radius 1 is 1.41 bits per heavy atom. The Balaban J connectivity index is 2.08. The van der Waals surface area contributed by atoms with Crippen LogP contribution in [0.15, 0.2) is 29.3 Å². The molecule has 1 unspecified atom stereocenters. The van der Waals surface area contributed by atoms with Crippen LogP contribution in [0.4, 0.5) is 4.39 Å². The number of nitrogens with zero attached hydrogens (tertiary/aromatic N) is 3. The second kappa shape index (κ2) is 10.3. The molecule has 0 aromatic heterocycles. The van der Waals surface area contributed by atoms with Crippen LogP contribution in [-0.2, 0) is 9.53 Å². The van der Waals surface area contributed by atoms with Crippen LogP contribution in [0, 0.1) is 11.7 Å². The summed E-state index contributed by atoms with van der Waals surface area (Å²) in [6, 6.07) is 6.66. The maximum Gasteiger partial charge on any atom is 0.308 e. The van der Waals surface area contributed by atoms with Gasteiger partial charge in [0.15, 0.2) is 5.96 Å². The molecule has 1 fully saturated rings. The molecule has 1 aromatic rings. The molecule has 1 N–H and O–H groups in total. The Kier molecular flexibility index (Phi) is 8.03. The van der Waals surface area contributed by atoms with Crippen molar-refractivity contribution in [3.63, 3.8) is 0 Å². The van der Waals surface area contributed by atoms with Gasteiger partial charge >= 0.3 is 5.97 Å². The third kappa shape index (κ3) is 5.92. The zero-order chi connectivity index (χ0) is 19.8. The zero-order valence-electron chi connectivity index (χ0n) is 16.7. The smallest absolute Gasteiger partial charge is 0.308 e. The number of ether oxygens (including phenoxy) is 1. The number of rotatable bonds is 6. The highest BCUT2D eigenvalue weighted by atomic mass is 19.1. The third-order valence-electron chi connectivity index (χ3n) is 4.93. The topological polar surface area (TPSA) is 57.2 Å². The van der Waals surface area contributed by atoms with Crippen molar-refractivity contribution in [3.05, 3.63) is 35.6 Å². The van der Waals surface area contributed by atoms with Gasteiger partial charge in [-0.25, -0.2) is 4.39 Å². The van der Waals surface area contributed by atoms with Gasteiger partial charge in [0.2, 0.25) is 0 Å². The number of carbonyl (C=O) groups is 1. The molecule has 1 aliphatic rings. The highest BCUT2D eigenvalue weighted by molar-refractivity contribution is 5.80. The molecule has 7 heteroatoms. The number of aliphatic imine (C=N–C) groups is 1. The van der Waals surface area contributed by atoms with E-state index in [1.165, 1.54) is 13.2 Å². The van der Waals surface area contributed by atoms with Crippen LogP contribution in [0.1, 0.15) is 31.4 Å². The van der Waals surface area contributed by atoms with Gasteiger partial charge in [0.05, 0.1) is 25.6 Å². The van der Waals surface area contributed by atoms with Crippen molar-refractivity contribution < 1.29 is 13.9 Å². The molecule has 0 bridgehead atoms. The van der Waals surface area contributed by atoms with Crippen LogP contribution in [0.25, 0.3) is 0 Å². The second-order valence-corrected chi connectivity index (χ2v) is 7.01. The number of hydrogen-bond acceptors (Lipinski definition) is 4. The summed E-state index contributed by atoms with van der Waals surface area (Å²) in [4.78, 5) is 20.8. The number of methoxy groups -OCH3 is 1. The van der Waals surface area contributed by atoms with Crippen molar-refractivity contribution >= 4 is 11.9 Å². The lowest BCUT2D eigenvalue weighted by molar-refractivity contribution is -0.146. The Hall–Kier alpha value is -2.15. The minimum Gasteiger partial charge on any atom is -0.469 e. The standard InChI is InChI=1S/C20H31FN4O2/c1-5-22-20(25-11-9-15(10-12-25)19(26)27-4)23-14-18(24(2)3)16-7-6-8-17(21)13-16/h6-8,13,15,18H,5,9-12,14H2,1-4H3,(H,22,23). The number of guanidine groups is 1. The first kappa shape index (κ1) is 21.2. The predicted molar refractivity (Wildman–Crippen MR) is 105 cm³/mol. The van der Waals surface area contributed by atoms with Crippen LogP contribution >= 0.6 is 0 Å². The van der Waals surface area contributed by atoms with Gasteiger partial charge in [-0.1, -0.05) is 12.1 Å². The first-order valence-corrected chi connectivity index (χ1v) is 9.49. The van der Waals surface area contributed by atoms with E-state index in [4.69, 9.17) is 9.73 Å². The molecule has 2 rings (SSSR count). The van der Waals surface area contributed by atoms with E-state index in [0.29, 0.717) is 6.54 Å². The van der Waals surface area contributed by atoms with Crippen LogP contribution < -0.4 is 5.32 Å². The number of likely N-dealkylation sites (tertiary alicyclic amines) is 1. The van der Waals surface area contributed by atoms with E-state index in [1.54, 1.807) is 12.1 Å². The Morgan fingerprint density at radius 3 is 2.67 bits per heavy atom. The molecule has 0 saturated carbocycles. The predicted octanol–water partition coefficient (Wildman–Crippen LogP) is 2.28. The van der Waals surface area contributed by atoms with E-state index in [1.807, 2.05) is 32.0 Å². The highest BCUT2D eigenvalue weighted by Gasteiger charge is 2.27. The summed E-state index contributed by atoms with van der Waals surface area (Å²) in [6.07, 6.45) is 1.52. The Labute approximate surface area is 161 Å². The van der Waals surface area contributed by atoms with Gasteiger partial charge in [0, 0.05) is 19.6 Å². The van der Waals surface area contributed by atoms with Gasteiger partial charge in [-0.2, -0.15) is 0 Å². The lowest BCUT2D eigenvalue weighted by Gasteiger charge is -2.33. The molecule has 6 nitrogen and oxygen atoms in total. The van der Waals surface area contributed by atoms with Crippen molar-refractivity contribution in [1.82, 2.24) is 15.1 Å². The van der Waals surface area contributed by atoms with Crippen molar-refractivity contribution in [2.45, 2.75) is 25.8 Å². The fourth-order valence-corrected chi connectivity index (χ4v) is 3.37. The third-order valence-corrected chi connectivity index (χ3v) is 4.93. The van der Waals surface area contributed by atoms with Crippen molar-refractivity contribution in [1.29, 1.82) is 0 Å². The SMILES string of the molecule is CCNC(=NCC(c1cccc(F)c1)N(C)C)N1CCC(C(=O)OC)CC1. The Morgan fingerprint density at radius 2 is 2.11 bits per heavy atom. The molecule has 1 aromatic carbocycles. The number of likely N-dealkylation sites (N-methyl/N-ethyl adjacent to an activating group) is 1.